The SMILES string of the molecule is CC/C=C\C/C=C\C/C=C\C/C=C\C/C=C\C/C=C\C/C=C\C/C=C\CCCCC(=O)OCC(COC(=O)CCCCCCC/C=C\CCCCC)OC(=O)CCCCCCCCCCCCCCCCCCCCC. The average Bonchev–Trinajstić information content (AvgIpc) is 3.42. The molecule has 0 N–H and O–H groups in total. The normalized spacial score (nSPS) is 12.8. The fourth-order valence-corrected chi connectivity index (χ4v) is 8.75. The van der Waals surface area contributed by atoms with Gasteiger partial charge in [0.15, 0.2) is 6.10 Å². The number of allylic oxidation sites excluding steroid dienone is 18. The molecule has 0 amide bonds. The molecule has 0 rings (SSSR count). The summed E-state index contributed by atoms with van der Waals surface area (Å²) in [7, 11) is 0. The Morgan fingerprint density at radius 2 is 0.513 bits per heavy atom. The number of carbonyl (C=O) groups excluding carboxylic acids is 3. The van der Waals surface area contributed by atoms with Crippen LogP contribution in [-0.2, 0) is 28.6 Å². The van der Waals surface area contributed by atoms with Gasteiger partial charge in [0, 0.05) is 19.3 Å². The number of unbranched alkanes of at least 4 members (excludes halogenated alkanes) is 28. The van der Waals surface area contributed by atoms with E-state index in [1.807, 2.05) is 0 Å². The first-order chi connectivity index (χ1) is 37.5. The monoisotopic (exact) mass is 1050 g/mol. The van der Waals surface area contributed by atoms with Gasteiger partial charge in [-0.3, -0.25) is 14.4 Å². The summed E-state index contributed by atoms with van der Waals surface area (Å²) in [4.78, 5) is 38.2. The van der Waals surface area contributed by atoms with E-state index in [1.54, 1.807) is 0 Å². The van der Waals surface area contributed by atoms with Crippen LogP contribution >= 0.6 is 0 Å². The summed E-state index contributed by atoms with van der Waals surface area (Å²) < 4.78 is 16.9. The van der Waals surface area contributed by atoms with E-state index in [4.69, 9.17) is 14.2 Å². The van der Waals surface area contributed by atoms with E-state index in [1.165, 1.54) is 141 Å². The maximum Gasteiger partial charge on any atom is 0.306 e. The Balaban J connectivity index is 4.40. The van der Waals surface area contributed by atoms with Gasteiger partial charge in [-0.15, -0.1) is 0 Å². The summed E-state index contributed by atoms with van der Waals surface area (Å²) in [5.74, 6) is -0.940. The standard InChI is InChI=1S/C70H118O6/c1-4-7-10-13-16-19-22-25-27-29-31-32-33-34-35-36-37-38-40-41-43-45-48-51-54-57-60-63-69(72)75-66-67(65-74-68(71)62-59-56-53-50-47-24-21-18-15-12-9-6-3)76-70(73)64-61-58-55-52-49-46-44-42-39-30-28-26-23-20-17-14-11-8-5-2/h7,10,16,18-19,21,25,27,31-32,34-35,37-38,41,43,48,51,67H,4-6,8-9,11-15,17,20,22-24,26,28-30,33,36,39-40,42,44-47,49-50,52-66H2,1-3H3/b10-7-,19-16-,21-18-,27-25-,32-31-,35-34-,38-37-,43-41-,51-48-. The molecular weight excluding hydrogens is 937 g/mol. The first kappa shape index (κ1) is 72.1. The third-order valence-corrected chi connectivity index (χ3v) is 13.5. The van der Waals surface area contributed by atoms with Crippen LogP contribution in [0.25, 0.3) is 0 Å². The molecule has 0 saturated carbocycles. The maximum absolute atomic E-state index is 12.9. The van der Waals surface area contributed by atoms with E-state index in [9.17, 15) is 14.4 Å². The predicted molar refractivity (Wildman–Crippen MR) is 330 cm³/mol. The average molecular weight is 1060 g/mol. The van der Waals surface area contributed by atoms with Crippen LogP contribution in [0.1, 0.15) is 297 Å². The van der Waals surface area contributed by atoms with Crippen LogP contribution < -0.4 is 0 Å². The number of ether oxygens (including phenoxy) is 3. The second-order valence-corrected chi connectivity index (χ2v) is 20.9. The molecule has 0 aromatic rings. The number of hydrogen-bond donors (Lipinski definition) is 0. The topological polar surface area (TPSA) is 78.9 Å². The summed E-state index contributed by atoms with van der Waals surface area (Å²) in [5.41, 5.74) is 0. The number of carbonyl (C=O) groups is 3. The van der Waals surface area contributed by atoms with Gasteiger partial charge < -0.3 is 14.2 Å². The van der Waals surface area contributed by atoms with Crippen molar-refractivity contribution in [3.05, 3.63) is 109 Å². The molecule has 0 bridgehead atoms. The number of esters is 3. The Morgan fingerprint density at radius 1 is 0.276 bits per heavy atom. The Hall–Kier alpha value is -3.93. The molecule has 434 valence electrons. The van der Waals surface area contributed by atoms with Gasteiger partial charge >= 0.3 is 17.9 Å². The molecular formula is C70H118O6. The van der Waals surface area contributed by atoms with Crippen molar-refractivity contribution in [2.45, 2.75) is 303 Å². The van der Waals surface area contributed by atoms with Gasteiger partial charge in [-0.1, -0.05) is 278 Å². The summed E-state index contributed by atoms with van der Waals surface area (Å²) in [6.45, 7) is 6.48. The highest BCUT2D eigenvalue weighted by molar-refractivity contribution is 5.71. The molecule has 0 aromatic carbocycles. The lowest BCUT2D eigenvalue weighted by Gasteiger charge is -2.18. The lowest BCUT2D eigenvalue weighted by molar-refractivity contribution is -0.167. The van der Waals surface area contributed by atoms with Crippen LogP contribution in [0, 0.1) is 0 Å². The van der Waals surface area contributed by atoms with Gasteiger partial charge in [-0.2, -0.15) is 0 Å². The second-order valence-electron chi connectivity index (χ2n) is 20.9. The van der Waals surface area contributed by atoms with Crippen molar-refractivity contribution in [2.24, 2.45) is 0 Å². The fourth-order valence-electron chi connectivity index (χ4n) is 8.75. The largest absolute Gasteiger partial charge is 0.462 e. The van der Waals surface area contributed by atoms with E-state index in [0.717, 1.165) is 116 Å². The number of rotatable bonds is 57. The van der Waals surface area contributed by atoms with Crippen molar-refractivity contribution in [1.29, 1.82) is 0 Å². The zero-order valence-electron chi connectivity index (χ0n) is 49.7. The van der Waals surface area contributed by atoms with Crippen LogP contribution in [-0.4, -0.2) is 37.2 Å². The van der Waals surface area contributed by atoms with Gasteiger partial charge in [0.1, 0.15) is 13.2 Å². The van der Waals surface area contributed by atoms with Gasteiger partial charge in [0.2, 0.25) is 0 Å². The van der Waals surface area contributed by atoms with Crippen LogP contribution in [0.3, 0.4) is 0 Å². The third-order valence-electron chi connectivity index (χ3n) is 13.5. The Morgan fingerprint density at radius 3 is 0.868 bits per heavy atom. The molecule has 0 aliphatic rings. The molecule has 0 fully saturated rings. The molecule has 6 nitrogen and oxygen atoms in total. The highest BCUT2D eigenvalue weighted by Crippen LogP contribution is 2.16. The summed E-state index contributed by atoms with van der Waals surface area (Å²) in [6, 6.07) is 0. The highest BCUT2D eigenvalue weighted by atomic mass is 16.6. The molecule has 0 aliphatic carbocycles. The van der Waals surface area contributed by atoms with Crippen LogP contribution in [0.2, 0.25) is 0 Å². The second kappa shape index (κ2) is 63.6. The van der Waals surface area contributed by atoms with E-state index in [0.29, 0.717) is 19.3 Å². The molecule has 1 atom stereocenters. The Kier molecular flexibility index (Phi) is 60.3. The van der Waals surface area contributed by atoms with Crippen molar-refractivity contribution >= 4 is 17.9 Å². The Bertz CT molecular complexity index is 1540. The van der Waals surface area contributed by atoms with E-state index in [-0.39, 0.29) is 31.1 Å². The molecule has 0 saturated heterocycles. The molecule has 76 heavy (non-hydrogen) atoms. The lowest BCUT2D eigenvalue weighted by atomic mass is 10.0. The molecule has 6 heteroatoms. The minimum Gasteiger partial charge on any atom is -0.462 e. The number of hydrogen-bond acceptors (Lipinski definition) is 6. The molecule has 1 unspecified atom stereocenters. The molecule has 0 spiro atoms. The third kappa shape index (κ3) is 60.9. The summed E-state index contributed by atoms with van der Waals surface area (Å²) in [5, 5.41) is 0. The Labute approximate surface area is 470 Å². The van der Waals surface area contributed by atoms with Gasteiger partial charge in [0.05, 0.1) is 0 Å². The predicted octanol–water partition coefficient (Wildman–Crippen LogP) is 21.8. The minimum absolute atomic E-state index is 0.0950. The van der Waals surface area contributed by atoms with Crippen LogP contribution in [0.5, 0.6) is 0 Å². The summed E-state index contributed by atoms with van der Waals surface area (Å²) in [6.07, 6.45) is 86.7. The van der Waals surface area contributed by atoms with E-state index in [2.05, 4.69) is 130 Å². The quantitative estimate of drug-likeness (QED) is 0.0261. The smallest absolute Gasteiger partial charge is 0.306 e. The zero-order valence-corrected chi connectivity index (χ0v) is 49.7. The van der Waals surface area contributed by atoms with Crippen molar-refractivity contribution in [3.8, 4) is 0 Å². The zero-order chi connectivity index (χ0) is 55.0. The van der Waals surface area contributed by atoms with Gasteiger partial charge in [-0.25, -0.2) is 0 Å². The van der Waals surface area contributed by atoms with Crippen molar-refractivity contribution in [3.63, 3.8) is 0 Å². The first-order valence-electron chi connectivity index (χ1n) is 31.9. The molecule has 0 radical (unpaired) electrons. The van der Waals surface area contributed by atoms with E-state index < -0.39 is 6.10 Å². The molecule has 0 heterocycles. The minimum atomic E-state index is -0.800. The van der Waals surface area contributed by atoms with Crippen molar-refractivity contribution in [2.75, 3.05) is 13.2 Å². The first-order valence-corrected chi connectivity index (χ1v) is 31.9. The fraction of sp³-hybridized carbons (Fsp3) is 0.700. The maximum atomic E-state index is 12.9. The van der Waals surface area contributed by atoms with Crippen molar-refractivity contribution in [1.82, 2.24) is 0 Å². The van der Waals surface area contributed by atoms with Gasteiger partial charge in [-0.05, 0) is 109 Å². The van der Waals surface area contributed by atoms with Crippen LogP contribution in [0.4, 0.5) is 0 Å². The van der Waals surface area contributed by atoms with Crippen molar-refractivity contribution < 1.29 is 28.6 Å². The highest BCUT2D eigenvalue weighted by Gasteiger charge is 2.19. The molecule has 0 aromatic heterocycles. The van der Waals surface area contributed by atoms with E-state index >= 15 is 0 Å². The summed E-state index contributed by atoms with van der Waals surface area (Å²) >= 11 is 0. The van der Waals surface area contributed by atoms with Gasteiger partial charge in [0.25, 0.3) is 0 Å². The molecule has 0 aliphatic heterocycles. The van der Waals surface area contributed by atoms with Crippen LogP contribution in [0.15, 0.2) is 109 Å². The lowest BCUT2D eigenvalue weighted by Crippen LogP contribution is -2.30.